The minimum Gasteiger partial charge on any atom is -0.492 e. The Morgan fingerprint density at radius 1 is 1.00 bits per heavy atom. The molecule has 0 saturated heterocycles. The molecule has 4 heteroatoms. The molecule has 0 N–H and O–H groups in total. The smallest absolute Gasteiger partial charge is 0.311 e. The van der Waals surface area contributed by atoms with Crippen LogP contribution in [0.1, 0.15) is 93.4 Å². The van der Waals surface area contributed by atoms with E-state index in [1.54, 1.807) is 7.11 Å². The first-order valence-electron chi connectivity index (χ1n) is 13.9. The Morgan fingerprint density at radius 2 is 1.69 bits per heavy atom. The van der Waals surface area contributed by atoms with E-state index in [-0.39, 0.29) is 33.4 Å². The van der Waals surface area contributed by atoms with Crippen molar-refractivity contribution >= 4 is 11.8 Å². The molecule has 0 aromatic rings. The summed E-state index contributed by atoms with van der Waals surface area (Å²) < 4.78 is 11.0. The topological polar surface area (TPSA) is 52.6 Å². The molecule has 0 aliphatic heterocycles. The Morgan fingerprint density at radius 3 is 2.36 bits per heavy atom. The number of fused-ring (bicyclic) bond motifs is 7. The number of esters is 1. The van der Waals surface area contributed by atoms with Crippen LogP contribution in [-0.4, -0.2) is 25.5 Å². The Kier molecular flexibility index (Phi) is 5.64. The summed E-state index contributed by atoms with van der Waals surface area (Å²) in [7, 11) is 1.59. The summed E-state index contributed by atoms with van der Waals surface area (Å²) >= 11 is 0. The molecule has 2 unspecified atom stereocenters. The van der Waals surface area contributed by atoms with Gasteiger partial charge in [-0.2, -0.15) is 0 Å². The zero-order valence-corrected chi connectivity index (χ0v) is 23.6. The zero-order chi connectivity index (χ0) is 26.3. The summed E-state index contributed by atoms with van der Waals surface area (Å²) in [6.45, 7) is 16.3. The third kappa shape index (κ3) is 3.11. The second kappa shape index (κ2) is 7.95. The van der Waals surface area contributed by atoms with E-state index in [2.05, 4.69) is 46.8 Å². The minimum absolute atomic E-state index is 0.00214. The molecular formula is C32H44O4. The van der Waals surface area contributed by atoms with E-state index in [4.69, 9.17) is 9.47 Å². The number of carbonyl (C=O) groups excluding carboxylic acids is 2. The van der Waals surface area contributed by atoms with Crippen molar-refractivity contribution in [2.24, 2.45) is 33.0 Å². The molecule has 5 aliphatic rings. The average molecular weight is 493 g/mol. The van der Waals surface area contributed by atoms with Crippen LogP contribution >= 0.6 is 0 Å². The SMILES string of the molecule is CCOC(=O)[C@]1(C)CCC2(C)CC[C@]3(C)C4=CC=C5C(=CC(=O)C(OC)=C5C)[C@]4(C)CC[C@@]3(C)C2C1. The van der Waals surface area contributed by atoms with Gasteiger partial charge in [0.1, 0.15) is 0 Å². The van der Waals surface area contributed by atoms with Gasteiger partial charge in [-0.1, -0.05) is 45.4 Å². The fourth-order valence-corrected chi connectivity index (χ4v) is 9.19. The van der Waals surface area contributed by atoms with Gasteiger partial charge in [0.2, 0.25) is 5.78 Å². The van der Waals surface area contributed by atoms with E-state index in [0.717, 1.165) is 49.7 Å². The quantitative estimate of drug-likeness (QED) is 0.389. The fourth-order valence-electron chi connectivity index (χ4n) is 9.19. The molecule has 0 bridgehead atoms. The number of ether oxygens (including phenoxy) is 2. The monoisotopic (exact) mass is 492 g/mol. The van der Waals surface area contributed by atoms with Crippen LogP contribution in [0.25, 0.3) is 0 Å². The molecule has 6 atom stereocenters. The lowest BCUT2D eigenvalue weighted by Gasteiger charge is -2.70. The van der Waals surface area contributed by atoms with Crippen molar-refractivity contribution in [1.29, 1.82) is 0 Å². The van der Waals surface area contributed by atoms with Crippen LogP contribution in [-0.2, 0) is 19.1 Å². The second-order valence-electron chi connectivity index (χ2n) is 13.5. The standard InChI is InChI=1S/C32H44O4/c1-9-36-27(34)29(4)13-12-28(3)14-16-31(6)24-11-10-21-20(2)26(35-8)23(33)18-22(21)30(24,5)15-17-32(31,7)25(28)19-29/h10-11,18,25H,9,12-17,19H2,1-8H3/t25?,28?,29-,30+,31-,32+/m1/s1. The van der Waals surface area contributed by atoms with Crippen molar-refractivity contribution < 1.29 is 19.1 Å². The molecule has 4 nitrogen and oxygen atoms in total. The van der Waals surface area contributed by atoms with Gasteiger partial charge in [-0.25, -0.2) is 0 Å². The maximum absolute atomic E-state index is 13.1. The summed E-state index contributed by atoms with van der Waals surface area (Å²) in [6.07, 6.45) is 13.8. The number of hydrogen-bond donors (Lipinski definition) is 0. The Labute approximate surface area is 217 Å². The van der Waals surface area contributed by atoms with E-state index in [0.29, 0.717) is 18.3 Å². The molecule has 5 rings (SSSR count). The Balaban J connectivity index is 1.60. The van der Waals surface area contributed by atoms with Gasteiger partial charge in [-0.15, -0.1) is 0 Å². The Bertz CT molecular complexity index is 1150. The van der Waals surface area contributed by atoms with Gasteiger partial charge in [-0.3, -0.25) is 9.59 Å². The normalized spacial score (nSPS) is 43.7. The molecule has 0 heterocycles. The molecule has 5 aliphatic carbocycles. The Hall–Kier alpha value is -2.10. The number of hydrogen-bond acceptors (Lipinski definition) is 4. The molecule has 36 heavy (non-hydrogen) atoms. The van der Waals surface area contributed by atoms with E-state index in [1.165, 1.54) is 17.6 Å². The summed E-state index contributed by atoms with van der Waals surface area (Å²) in [5, 5.41) is 0. The van der Waals surface area contributed by atoms with Crippen molar-refractivity contribution in [3.05, 3.63) is 46.3 Å². The highest BCUT2D eigenvalue weighted by atomic mass is 16.5. The van der Waals surface area contributed by atoms with E-state index in [1.807, 2.05) is 19.9 Å². The minimum atomic E-state index is -0.410. The predicted molar refractivity (Wildman–Crippen MR) is 142 cm³/mol. The van der Waals surface area contributed by atoms with Gasteiger partial charge in [0.05, 0.1) is 19.1 Å². The largest absolute Gasteiger partial charge is 0.492 e. The molecule has 0 aromatic heterocycles. The van der Waals surface area contributed by atoms with Crippen molar-refractivity contribution in [3.8, 4) is 0 Å². The highest BCUT2D eigenvalue weighted by Crippen LogP contribution is 2.75. The fraction of sp³-hybridized carbons (Fsp3) is 0.688. The third-order valence-electron chi connectivity index (χ3n) is 11.8. The van der Waals surface area contributed by atoms with Crippen LogP contribution in [0.3, 0.4) is 0 Å². The summed E-state index contributed by atoms with van der Waals surface area (Å²) in [4.78, 5) is 26.1. The van der Waals surface area contributed by atoms with Crippen LogP contribution in [0.2, 0.25) is 0 Å². The lowest BCUT2D eigenvalue weighted by molar-refractivity contribution is -0.182. The zero-order valence-electron chi connectivity index (χ0n) is 23.6. The van der Waals surface area contributed by atoms with E-state index >= 15 is 0 Å². The summed E-state index contributed by atoms with van der Waals surface area (Å²) in [6, 6.07) is 0. The predicted octanol–water partition coefficient (Wildman–Crippen LogP) is 7.26. The molecule has 196 valence electrons. The first kappa shape index (κ1) is 25.5. The molecule has 3 saturated carbocycles. The molecular weight excluding hydrogens is 448 g/mol. The van der Waals surface area contributed by atoms with Gasteiger partial charge >= 0.3 is 5.97 Å². The maximum atomic E-state index is 13.1. The molecule has 0 aromatic carbocycles. The highest BCUT2D eigenvalue weighted by molar-refractivity contribution is 6.07. The number of methoxy groups -OCH3 is 1. The van der Waals surface area contributed by atoms with E-state index < -0.39 is 5.41 Å². The van der Waals surface area contributed by atoms with Crippen molar-refractivity contribution in [1.82, 2.24) is 0 Å². The van der Waals surface area contributed by atoms with Gasteiger partial charge < -0.3 is 9.47 Å². The number of carbonyl (C=O) groups is 2. The highest BCUT2D eigenvalue weighted by Gasteiger charge is 2.67. The molecule has 0 amide bonds. The van der Waals surface area contributed by atoms with Crippen LogP contribution in [0.15, 0.2) is 46.3 Å². The van der Waals surface area contributed by atoms with Gasteiger partial charge in [-0.05, 0) is 105 Å². The summed E-state index contributed by atoms with van der Waals surface area (Å²) in [5.41, 5.74) is 4.49. The van der Waals surface area contributed by atoms with Crippen LogP contribution < -0.4 is 0 Å². The van der Waals surface area contributed by atoms with E-state index in [9.17, 15) is 9.59 Å². The van der Waals surface area contributed by atoms with Crippen molar-refractivity contribution in [2.75, 3.05) is 13.7 Å². The van der Waals surface area contributed by atoms with Crippen LogP contribution in [0.4, 0.5) is 0 Å². The maximum Gasteiger partial charge on any atom is 0.311 e. The second-order valence-corrected chi connectivity index (χ2v) is 13.5. The molecule has 0 radical (unpaired) electrons. The van der Waals surface area contributed by atoms with Crippen molar-refractivity contribution in [2.45, 2.75) is 93.4 Å². The third-order valence-corrected chi connectivity index (χ3v) is 11.8. The van der Waals surface area contributed by atoms with Gasteiger partial charge in [0, 0.05) is 11.0 Å². The van der Waals surface area contributed by atoms with Crippen LogP contribution in [0, 0.1) is 33.0 Å². The number of ketones is 1. The lowest BCUT2D eigenvalue weighted by atomic mass is 9.34. The van der Waals surface area contributed by atoms with Gasteiger partial charge in [0.15, 0.2) is 5.76 Å². The van der Waals surface area contributed by atoms with Crippen molar-refractivity contribution in [3.63, 3.8) is 0 Å². The first-order chi connectivity index (χ1) is 16.8. The lowest BCUT2D eigenvalue weighted by Crippen LogP contribution is -2.62. The van der Waals surface area contributed by atoms with Gasteiger partial charge in [0.25, 0.3) is 0 Å². The first-order valence-corrected chi connectivity index (χ1v) is 13.9. The molecule has 3 fully saturated rings. The molecule has 0 spiro atoms. The number of rotatable bonds is 3. The van der Waals surface area contributed by atoms with Crippen LogP contribution in [0.5, 0.6) is 0 Å². The summed E-state index contributed by atoms with van der Waals surface area (Å²) in [5.74, 6) is 0.879. The average Bonchev–Trinajstić information content (AvgIpc) is 2.83. The number of allylic oxidation sites excluding steroid dienone is 7.